The minimum atomic E-state index is 0.372. The van der Waals surface area contributed by atoms with Crippen LogP contribution in [0.25, 0.3) is 0 Å². The summed E-state index contributed by atoms with van der Waals surface area (Å²) in [5.41, 5.74) is 0.862. The van der Waals surface area contributed by atoms with Crippen molar-refractivity contribution in [1.82, 2.24) is 10.2 Å². The maximum Gasteiger partial charge on any atom is 0.0337 e. The molecule has 0 amide bonds. The summed E-state index contributed by atoms with van der Waals surface area (Å²) in [5, 5.41) is 3.93. The lowest BCUT2D eigenvalue weighted by Crippen LogP contribution is -2.70. The molecule has 2 heteroatoms. The second kappa shape index (κ2) is 5.50. The zero-order valence-corrected chi connectivity index (χ0v) is 12.9. The first-order valence-corrected chi connectivity index (χ1v) is 8.13. The molecule has 2 rings (SSSR count). The Morgan fingerprint density at radius 1 is 1.11 bits per heavy atom. The van der Waals surface area contributed by atoms with Crippen LogP contribution in [0.15, 0.2) is 0 Å². The second-order valence-corrected chi connectivity index (χ2v) is 6.66. The van der Waals surface area contributed by atoms with Crippen molar-refractivity contribution >= 4 is 0 Å². The van der Waals surface area contributed by atoms with Crippen molar-refractivity contribution in [2.24, 2.45) is 0 Å². The average molecular weight is 252 g/mol. The molecular weight excluding hydrogens is 220 g/mol. The predicted octanol–water partition coefficient (Wildman–Crippen LogP) is 3.56. The van der Waals surface area contributed by atoms with Crippen molar-refractivity contribution in [3.8, 4) is 0 Å². The third-order valence-corrected chi connectivity index (χ3v) is 5.89. The van der Waals surface area contributed by atoms with E-state index in [9.17, 15) is 0 Å². The van der Waals surface area contributed by atoms with Gasteiger partial charge in [-0.25, -0.2) is 0 Å². The summed E-state index contributed by atoms with van der Waals surface area (Å²) in [6, 6.07) is 0.739. The standard InChI is InChI=1S/C16H32N2/c1-5-14(4)18-13-15(6-2,7-3)17-12-16(18)10-8-9-11-16/h14,17H,5-13H2,1-4H3. The van der Waals surface area contributed by atoms with Crippen LogP contribution in [0.2, 0.25) is 0 Å². The van der Waals surface area contributed by atoms with Gasteiger partial charge in [-0.2, -0.15) is 0 Å². The first-order valence-electron chi connectivity index (χ1n) is 8.13. The van der Waals surface area contributed by atoms with E-state index in [0.717, 1.165) is 6.04 Å². The molecule has 1 heterocycles. The van der Waals surface area contributed by atoms with Gasteiger partial charge in [0, 0.05) is 30.2 Å². The van der Waals surface area contributed by atoms with Gasteiger partial charge in [0.1, 0.15) is 0 Å². The Kier molecular flexibility index (Phi) is 4.38. The van der Waals surface area contributed by atoms with Crippen molar-refractivity contribution in [2.45, 2.75) is 89.8 Å². The van der Waals surface area contributed by atoms with E-state index in [2.05, 4.69) is 37.9 Å². The van der Waals surface area contributed by atoms with E-state index in [4.69, 9.17) is 0 Å². The summed E-state index contributed by atoms with van der Waals surface area (Å²) in [6.45, 7) is 11.9. The summed E-state index contributed by atoms with van der Waals surface area (Å²) in [4.78, 5) is 2.88. The largest absolute Gasteiger partial charge is 0.308 e. The summed E-state index contributed by atoms with van der Waals surface area (Å²) in [7, 11) is 0. The van der Waals surface area contributed by atoms with Gasteiger partial charge in [-0.05, 0) is 39.0 Å². The fourth-order valence-corrected chi connectivity index (χ4v) is 4.07. The second-order valence-electron chi connectivity index (χ2n) is 6.66. The lowest BCUT2D eigenvalue weighted by atomic mass is 9.81. The Morgan fingerprint density at radius 3 is 2.22 bits per heavy atom. The first kappa shape index (κ1) is 14.3. The number of rotatable bonds is 4. The third kappa shape index (κ3) is 2.34. The number of nitrogens with zero attached hydrogens (tertiary/aromatic N) is 1. The van der Waals surface area contributed by atoms with Gasteiger partial charge in [0.05, 0.1) is 0 Å². The molecule has 1 N–H and O–H groups in total. The number of piperazine rings is 1. The van der Waals surface area contributed by atoms with Gasteiger partial charge in [-0.3, -0.25) is 4.90 Å². The topological polar surface area (TPSA) is 15.3 Å². The Bertz CT molecular complexity index is 264. The molecule has 1 unspecified atom stereocenters. The van der Waals surface area contributed by atoms with Crippen LogP contribution in [0.1, 0.15) is 72.6 Å². The fourth-order valence-electron chi connectivity index (χ4n) is 4.07. The number of nitrogens with one attached hydrogen (secondary N) is 1. The Morgan fingerprint density at radius 2 is 1.72 bits per heavy atom. The van der Waals surface area contributed by atoms with Gasteiger partial charge in [0.25, 0.3) is 0 Å². The van der Waals surface area contributed by atoms with Gasteiger partial charge in [0.15, 0.2) is 0 Å². The van der Waals surface area contributed by atoms with E-state index in [1.165, 1.54) is 58.0 Å². The van der Waals surface area contributed by atoms with Crippen LogP contribution in [-0.2, 0) is 0 Å². The molecule has 2 nitrogen and oxygen atoms in total. The molecule has 1 atom stereocenters. The highest BCUT2D eigenvalue weighted by Crippen LogP contribution is 2.41. The van der Waals surface area contributed by atoms with Crippen LogP contribution >= 0.6 is 0 Å². The molecule has 1 saturated carbocycles. The molecule has 0 radical (unpaired) electrons. The molecule has 2 fully saturated rings. The maximum atomic E-state index is 3.93. The SMILES string of the molecule is CCC(C)N1CC(CC)(CC)NCC12CCCC2. The van der Waals surface area contributed by atoms with E-state index in [1.54, 1.807) is 0 Å². The fraction of sp³-hybridized carbons (Fsp3) is 1.00. The number of hydrogen-bond donors (Lipinski definition) is 1. The molecule has 0 aromatic rings. The lowest BCUT2D eigenvalue weighted by Gasteiger charge is -2.55. The first-order chi connectivity index (χ1) is 8.61. The normalized spacial score (nSPS) is 28.7. The van der Waals surface area contributed by atoms with E-state index >= 15 is 0 Å². The van der Waals surface area contributed by atoms with Crippen molar-refractivity contribution in [2.75, 3.05) is 13.1 Å². The molecule has 18 heavy (non-hydrogen) atoms. The molecule has 0 aromatic carbocycles. The van der Waals surface area contributed by atoms with Crippen molar-refractivity contribution in [3.05, 3.63) is 0 Å². The third-order valence-electron chi connectivity index (χ3n) is 5.89. The predicted molar refractivity (Wildman–Crippen MR) is 79.0 cm³/mol. The van der Waals surface area contributed by atoms with Gasteiger partial charge in [0.2, 0.25) is 0 Å². The molecular formula is C16H32N2. The Labute approximate surface area is 114 Å². The summed E-state index contributed by atoms with van der Waals surface area (Å²) in [5.74, 6) is 0. The number of hydrogen-bond acceptors (Lipinski definition) is 2. The van der Waals surface area contributed by atoms with Crippen LogP contribution in [0.5, 0.6) is 0 Å². The summed E-state index contributed by atoms with van der Waals surface area (Å²) in [6.07, 6.45) is 9.48. The molecule has 0 aromatic heterocycles. The van der Waals surface area contributed by atoms with Gasteiger partial charge >= 0.3 is 0 Å². The molecule has 2 aliphatic rings. The minimum Gasteiger partial charge on any atom is -0.308 e. The smallest absolute Gasteiger partial charge is 0.0337 e. The van der Waals surface area contributed by atoms with Crippen molar-refractivity contribution in [3.63, 3.8) is 0 Å². The highest BCUT2D eigenvalue weighted by atomic mass is 15.3. The van der Waals surface area contributed by atoms with Gasteiger partial charge in [-0.15, -0.1) is 0 Å². The van der Waals surface area contributed by atoms with Gasteiger partial charge in [-0.1, -0.05) is 33.6 Å². The minimum absolute atomic E-state index is 0.372. The molecule has 1 saturated heterocycles. The van der Waals surface area contributed by atoms with Crippen molar-refractivity contribution in [1.29, 1.82) is 0 Å². The van der Waals surface area contributed by atoms with Crippen LogP contribution in [0, 0.1) is 0 Å². The molecule has 106 valence electrons. The highest BCUT2D eigenvalue weighted by Gasteiger charge is 2.48. The summed E-state index contributed by atoms with van der Waals surface area (Å²) >= 11 is 0. The molecule has 0 bridgehead atoms. The van der Waals surface area contributed by atoms with E-state index in [1.807, 2.05) is 0 Å². The summed E-state index contributed by atoms with van der Waals surface area (Å²) < 4.78 is 0. The molecule has 1 spiro atoms. The Balaban J connectivity index is 2.20. The Hall–Kier alpha value is -0.0800. The van der Waals surface area contributed by atoms with Crippen molar-refractivity contribution < 1.29 is 0 Å². The lowest BCUT2D eigenvalue weighted by molar-refractivity contribution is -0.0234. The van der Waals surface area contributed by atoms with Crippen LogP contribution < -0.4 is 5.32 Å². The highest BCUT2D eigenvalue weighted by molar-refractivity contribution is 5.07. The van der Waals surface area contributed by atoms with Gasteiger partial charge < -0.3 is 5.32 Å². The van der Waals surface area contributed by atoms with Crippen LogP contribution in [-0.4, -0.2) is 35.1 Å². The quantitative estimate of drug-likeness (QED) is 0.823. The zero-order chi connectivity index (χ0) is 13.2. The monoisotopic (exact) mass is 252 g/mol. The van der Waals surface area contributed by atoms with E-state index in [-0.39, 0.29) is 0 Å². The molecule has 1 aliphatic heterocycles. The zero-order valence-electron chi connectivity index (χ0n) is 12.9. The maximum absolute atomic E-state index is 3.93. The van der Waals surface area contributed by atoms with Crippen LogP contribution in [0.4, 0.5) is 0 Å². The van der Waals surface area contributed by atoms with Crippen LogP contribution in [0.3, 0.4) is 0 Å². The molecule has 1 aliphatic carbocycles. The van der Waals surface area contributed by atoms with E-state index in [0.29, 0.717) is 11.1 Å². The average Bonchev–Trinajstić information content (AvgIpc) is 2.88. The van der Waals surface area contributed by atoms with E-state index < -0.39 is 0 Å².